The number of para-hydroxylation sites is 1. The van der Waals surface area contributed by atoms with Gasteiger partial charge in [-0.25, -0.2) is 4.68 Å². The van der Waals surface area contributed by atoms with E-state index in [2.05, 4.69) is 24.3 Å². The zero-order valence-corrected chi connectivity index (χ0v) is 13.6. The van der Waals surface area contributed by atoms with Gasteiger partial charge in [0.25, 0.3) is 0 Å². The van der Waals surface area contributed by atoms with Gasteiger partial charge < -0.3 is 5.32 Å². The first kappa shape index (κ1) is 15.1. The van der Waals surface area contributed by atoms with Crippen LogP contribution in [0.2, 0.25) is 0 Å². The number of carbonyl (C=O) groups is 1. The molecule has 3 rings (SSSR count). The zero-order chi connectivity index (χ0) is 15.7. The molecule has 0 radical (unpaired) electrons. The number of hydrogen-bond acceptors (Lipinski definition) is 2. The number of nitrogens with one attached hydrogen (secondary N) is 1. The molecule has 1 amide bonds. The maximum Gasteiger partial charge on any atom is 0.235 e. The van der Waals surface area contributed by atoms with E-state index >= 15 is 0 Å². The van der Waals surface area contributed by atoms with Gasteiger partial charge in [0, 0.05) is 5.56 Å². The first-order valence-corrected chi connectivity index (χ1v) is 8.01. The molecule has 2 aromatic rings. The molecular weight excluding hydrogens is 298 g/mol. The average molecular weight is 318 g/mol. The quantitative estimate of drug-likeness (QED) is 0.883. The number of hydrogen-bond donors (Lipinski definition) is 1. The largest absolute Gasteiger partial charge is 0.348 e. The van der Waals surface area contributed by atoms with Crippen LogP contribution in [0.3, 0.4) is 0 Å². The van der Waals surface area contributed by atoms with Crippen LogP contribution in [-0.4, -0.2) is 21.6 Å². The fourth-order valence-electron chi connectivity index (χ4n) is 3.20. The lowest BCUT2D eigenvalue weighted by Gasteiger charge is -2.35. The van der Waals surface area contributed by atoms with E-state index in [1.807, 2.05) is 41.2 Å². The monoisotopic (exact) mass is 317 g/mol. The van der Waals surface area contributed by atoms with E-state index in [0.717, 1.165) is 24.1 Å². The van der Waals surface area contributed by atoms with Gasteiger partial charge >= 0.3 is 0 Å². The van der Waals surface area contributed by atoms with Gasteiger partial charge in [-0.15, -0.1) is 11.6 Å². The molecule has 1 aromatic heterocycles. The molecule has 0 fully saturated rings. The van der Waals surface area contributed by atoms with Gasteiger partial charge in [0.05, 0.1) is 23.6 Å². The Hall–Kier alpha value is -1.81. The highest BCUT2D eigenvalue weighted by Gasteiger charge is 2.35. The summed E-state index contributed by atoms with van der Waals surface area (Å²) in [6.45, 7) is 4.44. The molecule has 1 atom stereocenters. The minimum Gasteiger partial charge on any atom is -0.348 e. The number of alkyl halides is 1. The van der Waals surface area contributed by atoms with Crippen LogP contribution in [0.4, 0.5) is 0 Å². The van der Waals surface area contributed by atoms with Crippen LogP contribution in [0.5, 0.6) is 0 Å². The number of amides is 1. The van der Waals surface area contributed by atoms with Gasteiger partial charge in [-0.05, 0) is 30.4 Å². The maximum absolute atomic E-state index is 11.7. The van der Waals surface area contributed by atoms with E-state index in [0.29, 0.717) is 0 Å². The summed E-state index contributed by atoms with van der Waals surface area (Å²) in [7, 11) is 0. The number of fused-ring (bicyclic) bond motifs is 1. The van der Waals surface area contributed by atoms with Crippen LogP contribution in [-0.2, 0) is 11.2 Å². The topological polar surface area (TPSA) is 46.9 Å². The van der Waals surface area contributed by atoms with Crippen LogP contribution >= 0.6 is 11.6 Å². The molecule has 1 N–H and O–H groups in total. The van der Waals surface area contributed by atoms with E-state index in [1.165, 1.54) is 5.69 Å². The number of nitrogens with zero attached hydrogens (tertiary/aromatic N) is 2. The number of rotatable bonds is 3. The smallest absolute Gasteiger partial charge is 0.235 e. The molecule has 0 spiro atoms. The van der Waals surface area contributed by atoms with Crippen molar-refractivity contribution < 1.29 is 4.79 Å². The molecule has 0 aliphatic heterocycles. The van der Waals surface area contributed by atoms with E-state index in [9.17, 15) is 4.79 Å². The summed E-state index contributed by atoms with van der Waals surface area (Å²) in [4.78, 5) is 11.7. The van der Waals surface area contributed by atoms with Gasteiger partial charge in [0.15, 0.2) is 0 Å². The highest BCUT2D eigenvalue weighted by molar-refractivity contribution is 6.27. The van der Waals surface area contributed by atoms with Crippen LogP contribution in [0, 0.1) is 5.41 Å². The Balaban J connectivity index is 2.01. The molecule has 116 valence electrons. The van der Waals surface area contributed by atoms with Crippen LogP contribution in [0.15, 0.2) is 36.5 Å². The molecule has 5 heteroatoms. The molecule has 22 heavy (non-hydrogen) atoms. The molecule has 4 nitrogen and oxygen atoms in total. The molecule has 1 unspecified atom stereocenters. The number of aromatic nitrogens is 2. The molecular formula is C17H20ClN3O. The predicted molar refractivity (Wildman–Crippen MR) is 87.3 cm³/mol. The van der Waals surface area contributed by atoms with Gasteiger partial charge in [-0.2, -0.15) is 5.10 Å². The molecule has 1 aromatic carbocycles. The van der Waals surface area contributed by atoms with Crippen LogP contribution in [0.1, 0.15) is 37.6 Å². The summed E-state index contributed by atoms with van der Waals surface area (Å²) in [6, 6.07) is 10.1. The molecule has 1 aliphatic carbocycles. The van der Waals surface area contributed by atoms with Gasteiger partial charge in [-0.3, -0.25) is 4.79 Å². The second-order valence-corrected chi connectivity index (χ2v) is 6.86. The normalized spacial score (nSPS) is 19.5. The second-order valence-electron chi connectivity index (χ2n) is 6.59. The highest BCUT2D eigenvalue weighted by atomic mass is 35.5. The van der Waals surface area contributed by atoms with Crippen molar-refractivity contribution in [1.82, 2.24) is 15.1 Å². The third kappa shape index (κ3) is 2.88. The highest BCUT2D eigenvalue weighted by Crippen LogP contribution is 2.41. The summed E-state index contributed by atoms with van der Waals surface area (Å²) < 4.78 is 1.98. The van der Waals surface area contributed by atoms with E-state index in [1.54, 1.807) is 0 Å². The van der Waals surface area contributed by atoms with Crippen molar-refractivity contribution in [2.75, 3.05) is 5.88 Å². The first-order chi connectivity index (χ1) is 10.5. The van der Waals surface area contributed by atoms with Crippen molar-refractivity contribution >= 4 is 17.5 Å². The van der Waals surface area contributed by atoms with Gasteiger partial charge in [0.1, 0.15) is 5.88 Å². The van der Waals surface area contributed by atoms with Crippen molar-refractivity contribution in [3.8, 4) is 5.69 Å². The number of benzene rings is 1. The zero-order valence-electron chi connectivity index (χ0n) is 12.8. The van der Waals surface area contributed by atoms with E-state index < -0.39 is 0 Å². The Labute approximate surface area is 135 Å². The van der Waals surface area contributed by atoms with E-state index in [-0.39, 0.29) is 23.2 Å². The minimum absolute atomic E-state index is 0.0148. The Morgan fingerprint density at radius 2 is 2.14 bits per heavy atom. The summed E-state index contributed by atoms with van der Waals surface area (Å²) >= 11 is 5.64. The Morgan fingerprint density at radius 3 is 2.82 bits per heavy atom. The Kier molecular flexibility index (Phi) is 3.96. The van der Waals surface area contributed by atoms with Crippen molar-refractivity contribution in [2.24, 2.45) is 5.41 Å². The third-order valence-electron chi connectivity index (χ3n) is 4.14. The number of carbonyl (C=O) groups excluding carboxylic acids is 1. The molecule has 0 bridgehead atoms. The SMILES string of the molecule is CC1(C)Cc2c(cnn2-c2ccccc2)C(NC(=O)CCl)C1. The predicted octanol–water partition coefficient (Wildman–Crippen LogP) is 3.24. The van der Waals surface area contributed by atoms with Crippen LogP contribution < -0.4 is 5.32 Å². The lowest BCUT2D eigenvalue weighted by Crippen LogP contribution is -2.37. The van der Waals surface area contributed by atoms with E-state index in [4.69, 9.17) is 11.6 Å². The summed E-state index contributed by atoms with van der Waals surface area (Å²) in [5, 5.41) is 7.57. The fraction of sp³-hybridized carbons (Fsp3) is 0.412. The Morgan fingerprint density at radius 1 is 1.41 bits per heavy atom. The lowest BCUT2D eigenvalue weighted by molar-refractivity contribution is -0.119. The average Bonchev–Trinajstić information content (AvgIpc) is 2.90. The van der Waals surface area contributed by atoms with Crippen molar-refractivity contribution in [1.29, 1.82) is 0 Å². The molecule has 1 aliphatic rings. The van der Waals surface area contributed by atoms with Gasteiger partial charge in [-0.1, -0.05) is 32.0 Å². The summed E-state index contributed by atoms with van der Waals surface area (Å²) in [5.41, 5.74) is 3.41. The first-order valence-electron chi connectivity index (χ1n) is 7.48. The lowest BCUT2D eigenvalue weighted by atomic mass is 9.74. The fourth-order valence-corrected chi connectivity index (χ4v) is 3.27. The summed E-state index contributed by atoms with van der Waals surface area (Å²) in [5.74, 6) is -0.151. The van der Waals surface area contributed by atoms with Crippen LogP contribution in [0.25, 0.3) is 5.69 Å². The molecule has 1 heterocycles. The van der Waals surface area contributed by atoms with Gasteiger partial charge in [0.2, 0.25) is 5.91 Å². The second kappa shape index (κ2) is 5.76. The molecule has 0 saturated heterocycles. The number of halogens is 1. The summed E-state index contributed by atoms with van der Waals surface area (Å²) in [6.07, 6.45) is 3.70. The molecule has 0 saturated carbocycles. The minimum atomic E-state index is -0.136. The van der Waals surface area contributed by atoms with Crippen molar-refractivity contribution in [3.63, 3.8) is 0 Å². The third-order valence-corrected chi connectivity index (χ3v) is 4.38. The maximum atomic E-state index is 11.7. The van der Waals surface area contributed by atoms with Crippen molar-refractivity contribution in [3.05, 3.63) is 47.8 Å². The Bertz CT molecular complexity index is 678. The standard InChI is InChI=1S/C17H20ClN3O/c1-17(2)8-14(20-16(22)10-18)13-11-19-21(15(13)9-17)12-6-4-3-5-7-12/h3-7,11,14H,8-10H2,1-2H3,(H,20,22). The van der Waals surface area contributed by atoms with Crippen molar-refractivity contribution in [2.45, 2.75) is 32.7 Å².